The zero-order valence-electron chi connectivity index (χ0n) is 8.68. The second kappa shape index (κ2) is 4.27. The summed E-state index contributed by atoms with van der Waals surface area (Å²) in [5, 5.41) is 0. The van der Waals surface area contributed by atoms with Crippen molar-refractivity contribution in [2.75, 3.05) is 20.6 Å². The van der Waals surface area contributed by atoms with Crippen molar-refractivity contribution in [1.29, 1.82) is 0 Å². The first kappa shape index (κ1) is 10.0. The van der Waals surface area contributed by atoms with Crippen LogP contribution in [0, 0.1) is 6.92 Å². The molecule has 12 heavy (non-hydrogen) atoms. The Morgan fingerprint density at radius 2 is 1.75 bits per heavy atom. The molecule has 1 rings (SSSR count). The lowest BCUT2D eigenvalue weighted by molar-refractivity contribution is -0.916. The average Bonchev–Trinajstić information content (AvgIpc) is 2.06. The number of quaternary nitrogens is 1. The minimum absolute atomic E-state index is 0.917. The van der Waals surface area contributed by atoms with Gasteiger partial charge in [-0.05, 0) is 39.0 Å². The van der Waals surface area contributed by atoms with Gasteiger partial charge in [0, 0.05) is 0 Å². The Morgan fingerprint density at radius 1 is 1.17 bits per heavy atom. The summed E-state index contributed by atoms with van der Waals surface area (Å²) in [4.78, 5) is 0. The molecule has 0 atom stereocenters. The topological polar surface area (TPSA) is 0 Å². The van der Waals surface area contributed by atoms with E-state index in [-0.39, 0.29) is 0 Å². The predicted octanol–water partition coefficient (Wildman–Crippen LogP) is 2.62. The van der Waals surface area contributed by atoms with Crippen molar-refractivity contribution in [3.05, 3.63) is 6.92 Å². The van der Waals surface area contributed by atoms with Crippen LogP contribution in [0.2, 0.25) is 0 Å². The summed E-state index contributed by atoms with van der Waals surface area (Å²) >= 11 is 0. The molecule has 1 saturated carbocycles. The van der Waals surface area contributed by atoms with E-state index in [9.17, 15) is 0 Å². The molecule has 0 amide bonds. The molecule has 1 fully saturated rings. The quantitative estimate of drug-likeness (QED) is 0.570. The van der Waals surface area contributed by atoms with Crippen LogP contribution in [0.15, 0.2) is 0 Å². The summed E-state index contributed by atoms with van der Waals surface area (Å²) < 4.78 is 1.20. The van der Waals surface area contributed by atoms with Crippen LogP contribution in [0.4, 0.5) is 0 Å². The molecule has 0 N–H and O–H groups in total. The SMILES string of the molecule is [CH2]CC[N+](C)(C)C1CCCCC1. The monoisotopic (exact) mass is 169 g/mol. The molecule has 1 heteroatoms. The van der Waals surface area contributed by atoms with Gasteiger partial charge >= 0.3 is 0 Å². The highest BCUT2D eigenvalue weighted by molar-refractivity contribution is 4.65. The summed E-state index contributed by atoms with van der Waals surface area (Å²) in [7, 11) is 4.72. The van der Waals surface area contributed by atoms with Gasteiger partial charge in [0.15, 0.2) is 0 Å². The molecule has 0 spiro atoms. The van der Waals surface area contributed by atoms with Gasteiger partial charge in [-0.3, -0.25) is 0 Å². The molecule has 1 radical (unpaired) electrons. The largest absolute Gasteiger partial charge is 0.326 e. The summed E-state index contributed by atoms with van der Waals surface area (Å²) in [5.74, 6) is 0. The molecule has 0 aromatic carbocycles. The lowest BCUT2D eigenvalue weighted by atomic mass is 9.93. The Balaban J connectivity index is 2.41. The van der Waals surface area contributed by atoms with E-state index in [0.29, 0.717) is 0 Å². The molecule has 0 aromatic rings. The first-order chi connectivity index (χ1) is 5.67. The van der Waals surface area contributed by atoms with Gasteiger partial charge < -0.3 is 4.48 Å². The zero-order valence-corrected chi connectivity index (χ0v) is 8.68. The standard InChI is InChI=1S/C11H23N/c1-4-10-12(2,3)11-8-6-5-7-9-11/h11H,1,4-10H2,2-3H3/q+1. The maximum absolute atomic E-state index is 3.95. The molecule has 1 nitrogen and oxygen atoms in total. The molecule has 0 aromatic heterocycles. The van der Waals surface area contributed by atoms with Crippen molar-refractivity contribution >= 4 is 0 Å². The first-order valence-electron chi connectivity index (χ1n) is 5.29. The fourth-order valence-corrected chi connectivity index (χ4v) is 2.37. The van der Waals surface area contributed by atoms with E-state index in [1.54, 1.807) is 0 Å². The van der Waals surface area contributed by atoms with Crippen molar-refractivity contribution in [2.24, 2.45) is 0 Å². The third kappa shape index (κ3) is 2.48. The van der Waals surface area contributed by atoms with Crippen LogP contribution < -0.4 is 0 Å². The first-order valence-corrected chi connectivity index (χ1v) is 5.29. The van der Waals surface area contributed by atoms with E-state index in [1.165, 1.54) is 43.1 Å². The highest BCUT2D eigenvalue weighted by Gasteiger charge is 2.28. The van der Waals surface area contributed by atoms with Crippen LogP contribution in [-0.4, -0.2) is 31.2 Å². The molecule has 0 unspecified atom stereocenters. The summed E-state index contributed by atoms with van der Waals surface area (Å²) in [6.07, 6.45) is 8.30. The minimum Gasteiger partial charge on any atom is -0.326 e. The Kier molecular flexibility index (Phi) is 3.57. The molecule has 0 bridgehead atoms. The van der Waals surface area contributed by atoms with E-state index >= 15 is 0 Å². The van der Waals surface area contributed by atoms with Crippen LogP contribution >= 0.6 is 0 Å². The van der Waals surface area contributed by atoms with Gasteiger partial charge in [0.25, 0.3) is 0 Å². The van der Waals surface area contributed by atoms with Crippen LogP contribution in [0.1, 0.15) is 38.5 Å². The van der Waals surface area contributed by atoms with Gasteiger partial charge in [-0.15, -0.1) is 0 Å². The minimum atomic E-state index is 0.917. The van der Waals surface area contributed by atoms with E-state index in [1.807, 2.05) is 0 Å². The molecule has 0 heterocycles. The van der Waals surface area contributed by atoms with Crippen LogP contribution in [0.3, 0.4) is 0 Å². The van der Waals surface area contributed by atoms with Crippen molar-refractivity contribution < 1.29 is 4.48 Å². The lowest BCUT2D eigenvalue weighted by Crippen LogP contribution is -2.50. The van der Waals surface area contributed by atoms with Crippen molar-refractivity contribution in [3.63, 3.8) is 0 Å². The van der Waals surface area contributed by atoms with Gasteiger partial charge in [0.05, 0.1) is 26.7 Å². The van der Waals surface area contributed by atoms with Crippen LogP contribution in [0.25, 0.3) is 0 Å². The molecule has 1 aliphatic rings. The third-order valence-corrected chi connectivity index (χ3v) is 3.30. The van der Waals surface area contributed by atoms with Crippen molar-refractivity contribution in [3.8, 4) is 0 Å². The molecule has 71 valence electrons. The Labute approximate surface area is 77.4 Å². The van der Waals surface area contributed by atoms with Crippen LogP contribution in [0.5, 0.6) is 0 Å². The highest BCUT2D eigenvalue weighted by atomic mass is 15.3. The van der Waals surface area contributed by atoms with Gasteiger partial charge in [-0.2, -0.15) is 0 Å². The van der Waals surface area contributed by atoms with Gasteiger partial charge in [0.2, 0.25) is 0 Å². The Hall–Kier alpha value is -0.0400. The second-order valence-electron chi connectivity index (χ2n) is 4.65. The molecule has 0 saturated heterocycles. The smallest absolute Gasteiger partial charge is 0.0886 e. The van der Waals surface area contributed by atoms with E-state index in [0.717, 1.165) is 12.5 Å². The summed E-state index contributed by atoms with van der Waals surface area (Å²) in [6.45, 7) is 5.19. The second-order valence-corrected chi connectivity index (χ2v) is 4.65. The molecule has 1 aliphatic carbocycles. The number of hydrogen-bond donors (Lipinski definition) is 0. The summed E-state index contributed by atoms with van der Waals surface area (Å²) in [6, 6.07) is 0.917. The number of nitrogens with zero attached hydrogens (tertiary/aromatic N) is 1. The molecule has 0 aliphatic heterocycles. The van der Waals surface area contributed by atoms with Crippen LogP contribution in [-0.2, 0) is 0 Å². The molecular formula is C11H23N+. The maximum Gasteiger partial charge on any atom is 0.0886 e. The maximum atomic E-state index is 3.95. The lowest BCUT2D eigenvalue weighted by Gasteiger charge is -2.40. The van der Waals surface area contributed by atoms with Crippen molar-refractivity contribution in [2.45, 2.75) is 44.6 Å². The highest BCUT2D eigenvalue weighted by Crippen LogP contribution is 2.25. The number of hydrogen-bond acceptors (Lipinski definition) is 0. The average molecular weight is 169 g/mol. The van der Waals surface area contributed by atoms with E-state index in [4.69, 9.17) is 0 Å². The number of rotatable bonds is 3. The van der Waals surface area contributed by atoms with Gasteiger partial charge in [-0.1, -0.05) is 6.42 Å². The predicted molar refractivity (Wildman–Crippen MR) is 53.8 cm³/mol. The summed E-state index contributed by atoms with van der Waals surface area (Å²) in [5.41, 5.74) is 0. The van der Waals surface area contributed by atoms with E-state index < -0.39 is 0 Å². The Bertz CT molecular complexity index is 123. The van der Waals surface area contributed by atoms with Gasteiger partial charge in [0.1, 0.15) is 0 Å². The molecular weight excluding hydrogens is 146 g/mol. The van der Waals surface area contributed by atoms with E-state index in [2.05, 4.69) is 21.0 Å². The normalized spacial score (nSPS) is 21.2. The third-order valence-electron chi connectivity index (χ3n) is 3.30. The van der Waals surface area contributed by atoms with Crippen molar-refractivity contribution in [1.82, 2.24) is 0 Å². The Morgan fingerprint density at radius 3 is 2.25 bits per heavy atom. The fourth-order valence-electron chi connectivity index (χ4n) is 2.37. The fraction of sp³-hybridized carbons (Fsp3) is 0.909. The van der Waals surface area contributed by atoms with Gasteiger partial charge in [-0.25, -0.2) is 0 Å². The zero-order chi connectivity index (χ0) is 9.03.